The molecular weight excluding hydrogens is 175 g/mol. The van der Waals surface area contributed by atoms with Crippen molar-refractivity contribution in [3.05, 3.63) is 0 Å². The molecule has 0 amide bonds. The quantitative estimate of drug-likeness (QED) is 0.416. The van der Waals surface area contributed by atoms with E-state index < -0.39 is 12.0 Å². The first-order valence-corrected chi connectivity index (χ1v) is 4.67. The molecule has 1 saturated heterocycles. The smallest absolute Gasteiger partial charge is 0.548 e. The van der Waals surface area contributed by atoms with Gasteiger partial charge in [-0.05, 0) is 20.9 Å². The van der Waals surface area contributed by atoms with Gasteiger partial charge >= 0.3 is 18.9 Å². The summed E-state index contributed by atoms with van der Waals surface area (Å²) in [6, 6.07) is -0.171. The minimum Gasteiger partial charge on any atom is -0.548 e. The molecule has 1 unspecified atom stereocenters. The Bertz CT molecular complexity index is 201. The zero-order chi connectivity index (χ0) is 10.0. The average molecular weight is 192 g/mol. The molecule has 1 rings (SSSR count). The first-order valence-electron chi connectivity index (χ1n) is 4.67. The molecule has 0 bridgehead atoms. The monoisotopic (exact) mass is 192 g/mol. The summed E-state index contributed by atoms with van der Waals surface area (Å²) < 4.78 is 0. The molecule has 0 radical (unpaired) electrons. The fourth-order valence-corrected chi connectivity index (χ4v) is 1.86. The Morgan fingerprint density at radius 3 is 2.50 bits per heavy atom. The number of hydrogen-bond donors (Lipinski definition) is 0. The topological polar surface area (TPSA) is 46.6 Å². The van der Waals surface area contributed by atoms with Gasteiger partial charge in [0.25, 0.3) is 0 Å². The van der Waals surface area contributed by atoms with Crippen LogP contribution in [0.25, 0.3) is 0 Å². The summed E-state index contributed by atoms with van der Waals surface area (Å²) in [5, 5.41) is 10.7. The van der Waals surface area contributed by atoms with E-state index in [1.54, 1.807) is 6.92 Å². The molecule has 0 saturated carbocycles. The molecule has 0 aliphatic carbocycles. The Kier molecular flexibility index (Phi) is 5.76. The number of rotatable bonds is 2. The second-order valence-corrected chi connectivity index (χ2v) is 3.84. The van der Waals surface area contributed by atoms with Gasteiger partial charge in [-0.15, -0.1) is 0 Å². The number of carbonyl (C=O) groups is 1. The molecule has 0 aromatic carbocycles. The summed E-state index contributed by atoms with van der Waals surface area (Å²) in [5.74, 6) is -0.976. The Labute approximate surface area is 97.4 Å². The van der Waals surface area contributed by atoms with Gasteiger partial charge in [-0.2, -0.15) is 0 Å². The summed E-state index contributed by atoms with van der Waals surface area (Å²) >= 11 is 0. The zero-order valence-corrected chi connectivity index (χ0v) is 9.49. The standard InChI is InChI=1S/C9H18N2O2.Li/c1-7-6-10(3)4-5-11(7)8(2)9(12)13;/h7-8H,4-6H2,1-3H3,(H,12,13);/q;+1/p-1/t7-,8?;/m1./s1. The van der Waals surface area contributed by atoms with E-state index in [0.717, 1.165) is 19.6 Å². The predicted octanol–water partition coefficient (Wildman–Crippen LogP) is -4.24. The summed E-state index contributed by atoms with van der Waals surface area (Å²) in [6.45, 7) is 6.42. The molecule has 14 heavy (non-hydrogen) atoms. The van der Waals surface area contributed by atoms with Crippen molar-refractivity contribution in [2.24, 2.45) is 0 Å². The maximum absolute atomic E-state index is 10.7. The van der Waals surface area contributed by atoms with Gasteiger partial charge in [-0.25, -0.2) is 0 Å². The number of likely N-dealkylation sites (N-methyl/N-ethyl adjacent to an activating group) is 1. The van der Waals surface area contributed by atoms with E-state index in [0.29, 0.717) is 6.04 Å². The third-order valence-electron chi connectivity index (χ3n) is 2.72. The van der Waals surface area contributed by atoms with E-state index >= 15 is 0 Å². The van der Waals surface area contributed by atoms with Gasteiger partial charge in [0.15, 0.2) is 0 Å². The van der Waals surface area contributed by atoms with Crippen LogP contribution in [0, 0.1) is 0 Å². The van der Waals surface area contributed by atoms with Crippen molar-refractivity contribution < 1.29 is 28.8 Å². The minimum absolute atomic E-state index is 0. The molecule has 5 heteroatoms. The Morgan fingerprint density at radius 1 is 1.50 bits per heavy atom. The maximum atomic E-state index is 10.7. The van der Waals surface area contributed by atoms with Crippen molar-refractivity contribution >= 4 is 5.97 Å². The van der Waals surface area contributed by atoms with Gasteiger partial charge in [0.1, 0.15) is 0 Å². The van der Waals surface area contributed by atoms with E-state index in [1.807, 2.05) is 4.90 Å². The van der Waals surface area contributed by atoms with E-state index in [4.69, 9.17) is 0 Å². The van der Waals surface area contributed by atoms with Crippen molar-refractivity contribution in [1.82, 2.24) is 9.80 Å². The Morgan fingerprint density at radius 2 is 2.07 bits per heavy atom. The molecule has 0 spiro atoms. The first-order chi connectivity index (χ1) is 6.02. The average Bonchev–Trinajstić information content (AvgIpc) is 2.03. The van der Waals surface area contributed by atoms with E-state index in [1.165, 1.54) is 0 Å². The number of piperazine rings is 1. The molecule has 76 valence electrons. The SMILES string of the molecule is CC(C(=O)[O-])N1CCN(C)C[C@H]1C.[Li+]. The molecular formula is C9H17LiN2O2. The minimum atomic E-state index is -0.976. The molecule has 1 fully saturated rings. The second-order valence-electron chi connectivity index (χ2n) is 3.84. The van der Waals surface area contributed by atoms with Crippen LogP contribution in [0.1, 0.15) is 13.8 Å². The predicted molar refractivity (Wildman–Crippen MR) is 48.1 cm³/mol. The number of aliphatic carboxylic acids is 1. The molecule has 0 N–H and O–H groups in total. The maximum Gasteiger partial charge on any atom is 1.00 e. The van der Waals surface area contributed by atoms with Crippen LogP contribution < -0.4 is 24.0 Å². The Balaban J connectivity index is 0.00000169. The Hall–Kier alpha value is -0.0126. The molecule has 0 aromatic rings. The van der Waals surface area contributed by atoms with E-state index in [2.05, 4.69) is 18.9 Å². The van der Waals surface area contributed by atoms with Crippen LogP contribution in [-0.2, 0) is 4.79 Å². The number of carboxylic acid groups (broad SMARTS) is 1. The molecule has 0 aromatic heterocycles. The van der Waals surface area contributed by atoms with Gasteiger partial charge in [0, 0.05) is 31.7 Å². The van der Waals surface area contributed by atoms with Gasteiger partial charge in [-0.3, -0.25) is 4.90 Å². The van der Waals surface area contributed by atoms with Crippen molar-refractivity contribution in [1.29, 1.82) is 0 Å². The van der Waals surface area contributed by atoms with Gasteiger partial charge < -0.3 is 14.8 Å². The largest absolute Gasteiger partial charge is 1.00 e. The normalized spacial score (nSPS) is 26.6. The molecule has 1 aliphatic rings. The number of nitrogens with zero attached hydrogens (tertiary/aromatic N) is 2. The van der Waals surface area contributed by atoms with Crippen LogP contribution in [0.2, 0.25) is 0 Å². The van der Waals surface area contributed by atoms with Crippen molar-refractivity contribution in [2.75, 3.05) is 26.7 Å². The summed E-state index contributed by atoms with van der Waals surface area (Å²) in [5.41, 5.74) is 0. The van der Waals surface area contributed by atoms with Crippen LogP contribution >= 0.6 is 0 Å². The zero-order valence-electron chi connectivity index (χ0n) is 9.49. The summed E-state index contributed by atoms with van der Waals surface area (Å²) in [6.07, 6.45) is 0. The van der Waals surface area contributed by atoms with Crippen molar-refractivity contribution in [2.45, 2.75) is 25.9 Å². The van der Waals surface area contributed by atoms with Crippen LogP contribution in [0.5, 0.6) is 0 Å². The summed E-state index contributed by atoms with van der Waals surface area (Å²) in [7, 11) is 2.05. The third kappa shape index (κ3) is 3.29. The number of hydrogen-bond acceptors (Lipinski definition) is 4. The molecule has 1 aliphatic heterocycles. The molecule has 4 nitrogen and oxygen atoms in total. The van der Waals surface area contributed by atoms with E-state index in [-0.39, 0.29) is 18.9 Å². The first kappa shape index (κ1) is 14.0. The molecule has 2 atom stereocenters. The van der Waals surface area contributed by atoms with Crippen molar-refractivity contribution in [3.63, 3.8) is 0 Å². The fraction of sp³-hybridized carbons (Fsp3) is 0.889. The van der Waals surface area contributed by atoms with Crippen LogP contribution in [0.15, 0.2) is 0 Å². The number of carboxylic acids is 1. The van der Waals surface area contributed by atoms with E-state index in [9.17, 15) is 9.90 Å². The van der Waals surface area contributed by atoms with Gasteiger partial charge in [0.2, 0.25) is 0 Å². The number of carbonyl (C=O) groups excluding carboxylic acids is 1. The van der Waals surface area contributed by atoms with Crippen LogP contribution in [0.3, 0.4) is 0 Å². The van der Waals surface area contributed by atoms with Crippen LogP contribution in [-0.4, -0.2) is 54.5 Å². The fourth-order valence-electron chi connectivity index (χ4n) is 1.86. The van der Waals surface area contributed by atoms with Gasteiger partial charge in [0.05, 0.1) is 5.97 Å². The third-order valence-corrected chi connectivity index (χ3v) is 2.72. The van der Waals surface area contributed by atoms with Crippen molar-refractivity contribution in [3.8, 4) is 0 Å². The van der Waals surface area contributed by atoms with Crippen LogP contribution in [0.4, 0.5) is 0 Å². The second kappa shape index (κ2) is 5.77. The van der Waals surface area contributed by atoms with Gasteiger partial charge in [-0.1, -0.05) is 0 Å². The molecule has 1 heterocycles. The summed E-state index contributed by atoms with van der Waals surface area (Å²) in [4.78, 5) is 14.9.